The summed E-state index contributed by atoms with van der Waals surface area (Å²) in [5.41, 5.74) is 3.36. The predicted molar refractivity (Wildman–Crippen MR) is 89.4 cm³/mol. The van der Waals surface area contributed by atoms with E-state index in [1.165, 1.54) is 12.7 Å². The molecule has 0 bridgehead atoms. The zero-order valence-electron chi connectivity index (χ0n) is 13.5. The van der Waals surface area contributed by atoms with Crippen molar-refractivity contribution in [1.82, 2.24) is 5.16 Å². The van der Waals surface area contributed by atoms with Crippen LogP contribution in [0.2, 0.25) is 0 Å². The highest BCUT2D eigenvalue weighted by Gasteiger charge is 2.10. The number of aldehydes is 1. The van der Waals surface area contributed by atoms with Crippen LogP contribution in [0.4, 0.5) is 0 Å². The van der Waals surface area contributed by atoms with Gasteiger partial charge in [0.1, 0.15) is 18.6 Å². The number of methoxy groups -OCH3 is 1. The second-order valence-electron chi connectivity index (χ2n) is 5.37. The highest BCUT2D eigenvalue weighted by atomic mass is 16.5. The Kier molecular flexibility index (Phi) is 4.61. The first-order chi connectivity index (χ1) is 11.7. The molecule has 2 aromatic carbocycles. The fourth-order valence-electron chi connectivity index (χ4n) is 2.26. The van der Waals surface area contributed by atoms with Crippen LogP contribution in [0.15, 0.2) is 53.1 Å². The van der Waals surface area contributed by atoms with E-state index in [1.807, 2.05) is 37.3 Å². The largest absolute Gasteiger partial charge is 0.493 e. The van der Waals surface area contributed by atoms with Crippen molar-refractivity contribution < 1.29 is 18.8 Å². The molecule has 5 heteroatoms. The van der Waals surface area contributed by atoms with Gasteiger partial charge in [0.05, 0.1) is 7.11 Å². The minimum atomic E-state index is 0.242. The Morgan fingerprint density at radius 1 is 1.08 bits per heavy atom. The average Bonchev–Trinajstić information content (AvgIpc) is 3.09. The third kappa shape index (κ3) is 3.46. The van der Waals surface area contributed by atoms with Gasteiger partial charge in [-0.3, -0.25) is 4.79 Å². The summed E-state index contributed by atoms with van der Waals surface area (Å²) in [5.74, 6) is 1.74. The zero-order valence-corrected chi connectivity index (χ0v) is 13.5. The summed E-state index contributed by atoms with van der Waals surface area (Å²) in [6, 6.07) is 14.9. The Bertz CT molecular complexity index is 837. The monoisotopic (exact) mass is 323 g/mol. The quantitative estimate of drug-likeness (QED) is 0.640. The number of carbonyl (C=O) groups is 1. The van der Waals surface area contributed by atoms with Gasteiger partial charge in [-0.1, -0.05) is 35.0 Å². The molecule has 0 saturated carbocycles. The molecule has 0 unspecified atom stereocenters. The van der Waals surface area contributed by atoms with Gasteiger partial charge in [-0.2, -0.15) is 0 Å². The van der Waals surface area contributed by atoms with Crippen LogP contribution in [0.25, 0.3) is 11.3 Å². The van der Waals surface area contributed by atoms with Crippen molar-refractivity contribution in [2.24, 2.45) is 0 Å². The molecular weight excluding hydrogens is 306 g/mol. The molecule has 0 aliphatic carbocycles. The Morgan fingerprint density at radius 3 is 2.58 bits per heavy atom. The van der Waals surface area contributed by atoms with Crippen molar-refractivity contribution in [3.8, 4) is 22.8 Å². The Balaban J connectivity index is 1.71. The van der Waals surface area contributed by atoms with Crippen LogP contribution in [0.3, 0.4) is 0 Å². The molecule has 0 aliphatic rings. The predicted octanol–water partition coefficient (Wildman–Crippen LogP) is 4.05. The number of ether oxygens (including phenoxy) is 2. The molecule has 0 atom stereocenters. The molecule has 0 aliphatic heterocycles. The summed E-state index contributed by atoms with van der Waals surface area (Å²) >= 11 is 0. The number of nitrogens with zero attached hydrogens (tertiary/aromatic N) is 1. The zero-order chi connectivity index (χ0) is 16.9. The normalized spacial score (nSPS) is 10.4. The number of hydrogen-bond acceptors (Lipinski definition) is 5. The summed E-state index contributed by atoms with van der Waals surface area (Å²) in [4.78, 5) is 10.8. The van der Waals surface area contributed by atoms with Crippen molar-refractivity contribution in [1.29, 1.82) is 0 Å². The van der Waals surface area contributed by atoms with Gasteiger partial charge < -0.3 is 14.0 Å². The first-order valence-corrected chi connectivity index (χ1v) is 7.48. The van der Waals surface area contributed by atoms with Crippen molar-refractivity contribution in [3.05, 3.63) is 65.4 Å². The van der Waals surface area contributed by atoms with Gasteiger partial charge in [0.15, 0.2) is 17.3 Å². The molecule has 1 heterocycles. The fraction of sp³-hybridized carbons (Fsp3) is 0.158. The van der Waals surface area contributed by atoms with Crippen LogP contribution in [-0.2, 0) is 6.61 Å². The van der Waals surface area contributed by atoms with Crippen molar-refractivity contribution in [2.75, 3.05) is 7.11 Å². The summed E-state index contributed by atoms with van der Waals surface area (Å²) in [7, 11) is 1.53. The minimum Gasteiger partial charge on any atom is -0.493 e. The molecule has 0 saturated heterocycles. The highest BCUT2D eigenvalue weighted by molar-refractivity contribution is 5.76. The lowest BCUT2D eigenvalue weighted by atomic mass is 10.1. The van der Waals surface area contributed by atoms with Crippen LogP contribution >= 0.6 is 0 Å². The average molecular weight is 323 g/mol. The lowest BCUT2D eigenvalue weighted by Crippen LogP contribution is -1.98. The van der Waals surface area contributed by atoms with Gasteiger partial charge in [-0.05, 0) is 25.1 Å². The van der Waals surface area contributed by atoms with E-state index in [0.29, 0.717) is 28.5 Å². The van der Waals surface area contributed by atoms with E-state index in [4.69, 9.17) is 14.0 Å². The standard InChI is InChI=1S/C19H17NO4/c1-13-3-6-15(7-4-13)18-10-16(20-24-18)12-23-17-8-5-14(11-21)9-19(17)22-2/h3-11H,12H2,1-2H3. The maximum absolute atomic E-state index is 10.8. The van der Waals surface area contributed by atoms with E-state index < -0.39 is 0 Å². The fourth-order valence-corrected chi connectivity index (χ4v) is 2.26. The van der Waals surface area contributed by atoms with E-state index in [1.54, 1.807) is 18.2 Å². The number of benzene rings is 2. The molecule has 0 N–H and O–H groups in total. The van der Waals surface area contributed by atoms with E-state index >= 15 is 0 Å². The molecular formula is C19H17NO4. The van der Waals surface area contributed by atoms with Gasteiger partial charge >= 0.3 is 0 Å². The van der Waals surface area contributed by atoms with Crippen LogP contribution in [0.1, 0.15) is 21.6 Å². The SMILES string of the molecule is COc1cc(C=O)ccc1OCc1cc(-c2ccc(C)cc2)on1. The lowest BCUT2D eigenvalue weighted by Gasteiger charge is -2.09. The molecule has 0 amide bonds. The number of hydrogen-bond donors (Lipinski definition) is 0. The van der Waals surface area contributed by atoms with Gasteiger partial charge in [-0.15, -0.1) is 0 Å². The topological polar surface area (TPSA) is 61.6 Å². The highest BCUT2D eigenvalue weighted by Crippen LogP contribution is 2.29. The molecule has 1 aromatic heterocycles. The van der Waals surface area contributed by atoms with Crippen molar-refractivity contribution >= 4 is 6.29 Å². The number of aryl methyl sites for hydroxylation is 1. The third-order valence-corrected chi connectivity index (χ3v) is 3.59. The van der Waals surface area contributed by atoms with Crippen LogP contribution < -0.4 is 9.47 Å². The maximum Gasteiger partial charge on any atom is 0.167 e. The van der Waals surface area contributed by atoms with Crippen molar-refractivity contribution in [2.45, 2.75) is 13.5 Å². The van der Waals surface area contributed by atoms with Crippen LogP contribution in [0, 0.1) is 6.92 Å². The van der Waals surface area contributed by atoms with E-state index in [2.05, 4.69) is 5.16 Å². The van der Waals surface area contributed by atoms with Gasteiger partial charge in [-0.25, -0.2) is 0 Å². The van der Waals surface area contributed by atoms with E-state index in [-0.39, 0.29) is 6.61 Å². The Labute approximate surface area is 139 Å². The smallest absolute Gasteiger partial charge is 0.167 e. The van der Waals surface area contributed by atoms with E-state index in [0.717, 1.165) is 11.8 Å². The Hall–Kier alpha value is -3.08. The number of aromatic nitrogens is 1. The summed E-state index contributed by atoms with van der Waals surface area (Å²) < 4.78 is 16.3. The number of carbonyl (C=O) groups excluding carboxylic acids is 1. The third-order valence-electron chi connectivity index (χ3n) is 3.59. The molecule has 0 fully saturated rings. The molecule has 3 rings (SSSR count). The molecule has 5 nitrogen and oxygen atoms in total. The van der Waals surface area contributed by atoms with Gasteiger partial charge in [0.25, 0.3) is 0 Å². The number of rotatable bonds is 6. The molecule has 0 radical (unpaired) electrons. The lowest BCUT2D eigenvalue weighted by molar-refractivity contribution is 0.112. The molecule has 0 spiro atoms. The van der Waals surface area contributed by atoms with Gasteiger partial charge in [0, 0.05) is 17.2 Å². The van der Waals surface area contributed by atoms with Crippen LogP contribution in [0.5, 0.6) is 11.5 Å². The second-order valence-corrected chi connectivity index (χ2v) is 5.37. The molecule has 122 valence electrons. The molecule has 3 aromatic rings. The second kappa shape index (κ2) is 7.00. The van der Waals surface area contributed by atoms with Gasteiger partial charge in [0.2, 0.25) is 0 Å². The molecule has 24 heavy (non-hydrogen) atoms. The Morgan fingerprint density at radius 2 is 1.88 bits per heavy atom. The summed E-state index contributed by atoms with van der Waals surface area (Å²) in [6.07, 6.45) is 0.762. The summed E-state index contributed by atoms with van der Waals surface area (Å²) in [6.45, 7) is 2.28. The summed E-state index contributed by atoms with van der Waals surface area (Å²) in [5, 5.41) is 4.02. The van der Waals surface area contributed by atoms with Crippen LogP contribution in [-0.4, -0.2) is 18.6 Å². The van der Waals surface area contributed by atoms with Crippen molar-refractivity contribution in [3.63, 3.8) is 0 Å². The first kappa shape index (κ1) is 15.8. The maximum atomic E-state index is 10.8. The minimum absolute atomic E-state index is 0.242. The van der Waals surface area contributed by atoms with E-state index in [9.17, 15) is 4.79 Å². The first-order valence-electron chi connectivity index (χ1n) is 7.48.